The zero-order valence-corrected chi connectivity index (χ0v) is 14.3. The molecule has 0 aliphatic heterocycles. The molecule has 1 aromatic heterocycles. The summed E-state index contributed by atoms with van der Waals surface area (Å²) in [6, 6.07) is 7.53. The average Bonchev–Trinajstić information content (AvgIpc) is 2.93. The van der Waals surface area contributed by atoms with E-state index in [-0.39, 0.29) is 5.12 Å². The lowest BCUT2D eigenvalue weighted by atomic mass is 10.1. The summed E-state index contributed by atoms with van der Waals surface area (Å²) in [5, 5.41) is 3.69. The third-order valence-electron chi connectivity index (χ3n) is 3.46. The highest BCUT2D eigenvalue weighted by molar-refractivity contribution is 7.96. The fraction of sp³-hybridized carbons (Fsp3) is 0.375. The highest BCUT2D eigenvalue weighted by atomic mass is 35.5. The molecule has 0 saturated carbocycles. The number of rotatable bonds is 7. The highest BCUT2D eigenvalue weighted by Crippen LogP contribution is 2.15. The lowest BCUT2D eigenvalue weighted by Crippen LogP contribution is -2.36. The predicted octanol–water partition coefficient (Wildman–Crippen LogP) is 3.27. The van der Waals surface area contributed by atoms with Gasteiger partial charge in [0.2, 0.25) is 5.12 Å². The van der Waals surface area contributed by atoms with Crippen molar-refractivity contribution in [2.24, 2.45) is 0 Å². The third kappa shape index (κ3) is 4.60. The van der Waals surface area contributed by atoms with Crippen LogP contribution in [-0.4, -0.2) is 20.7 Å². The number of carbonyl (C=O) groups is 1. The number of imidazole rings is 1. The van der Waals surface area contributed by atoms with E-state index >= 15 is 0 Å². The van der Waals surface area contributed by atoms with Crippen LogP contribution in [0.25, 0.3) is 0 Å². The highest BCUT2D eigenvalue weighted by Gasteiger charge is 2.17. The number of hydrogen-bond donors (Lipinski definition) is 2. The second kappa shape index (κ2) is 7.81. The van der Waals surface area contributed by atoms with E-state index in [1.54, 1.807) is 6.33 Å². The van der Waals surface area contributed by atoms with E-state index in [4.69, 9.17) is 11.6 Å². The SMILES string of the molecule is CC(C)n1cnc(C[C@H](NCc2ccccc2Cl)C(=O)S)c1. The van der Waals surface area contributed by atoms with E-state index in [1.807, 2.05) is 35.0 Å². The van der Waals surface area contributed by atoms with Gasteiger partial charge in [-0.25, -0.2) is 4.98 Å². The van der Waals surface area contributed by atoms with Crippen molar-refractivity contribution in [3.05, 3.63) is 53.1 Å². The summed E-state index contributed by atoms with van der Waals surface area (Å²) in [6.07, 6.45) is 4.26. The minimum atomic E-state index is -0.393. The molecule has 118 valence electrons. The second-order valence-electron chi connectivity index (χ2n) is 5.47. The number of thiol groups is 1. The lowest BCUT2D eigenvalue weighted by molar-refractivity contribution is -0.112. The fourth-order valence-electron chi connectivity index (χ4n) is 2.10. The largest absolute Gasteiger partial charge is 0.335 e. The van der Waals surface area contributed by atoms with Crippen molar-refractivity contribution < 1.29 is 4.79 Å². The van der Waals surface area contributed by atoms with Crippen LogP contribution in [0.4, 0.5) is 0 Å². The molecule has 0 radical (unpaired) electrons. The first-order chi connectivity index (χ1) is 10.5. The van der Waals surface area contributed by atoms with E-state index in [1.165, 1.54) is 0 Å². The number of halogens is 1. The number of hydrogen-bond acceptors (Lipinski definition) is 3. The molecule has 0 bridgehead atoms. The summed E-state index contributed by atoms with van der Waals surface area (Å²) in [7, 11) is 0. The summed E-state index contributed by atoms with van der Waals surface area (Å²) < 4.78 is 2.02. The van der Waals surface area contributed by atoms with Crippen LogP contribution in [0, 0.1) is 0 Å². The summed E-state index contributed by atoms with van der Waals surface area (Å²) in [6.45, 7) is 4.69. The molecule has 0 aliphatic carbocycles. The lowest BCUT2D eigenvalue weighted by Gasteiger charge is -2.15. The van der Waals surface area contributed by atoms with Gasteiger partial charge in [-0.1, -0.05) is 29.8 Å². The molecule has 22 heavy (non-hydrogen) atoms. The first-order valence-corrected chi connectivity index (χ1v) is 8.02. The van der Waals surface area contributed by atoms with Gasteiger partial charge in [0.15, 0.2) is 0 Å². The molecule has 2 aromatic rings. The Morgan fingerprint density at radius 2 is 2.14 bits per heavy atom. The minimum Gasteiger partial charge on any atom is -0.335 e. The van der Waals surface area contributed by atoms with Gasteiger partial charge < -0.3 is 9.88 Å². The molecule has 1 atom stereocenters. The van der Waals surface area contributed by atoms with E-state index in [0.29, 0.717) is 24.0 Å². The van der Waals surface area contributed by atoms with Gasteiger partial charge in [0.25, 0.3) is 0 Å². The molecule has 1 aromatic carbocycles. The Bertz CT molecular complexity index is 642. The van der Waals surface area contributed by atoms with Gasteiger partial charge in [-0.3, -0.25) is 4.79 Å². The van der Waals surface area contributed by atoms with Crippen molar-refractivity contribution in [2.75, 3.05) is 0 Å². The van der Waals surface area contributed by atoms with Crippen LogP contribution in [0.3, 0.4) is 0 Å². The third-order valence-corrected chi connectivity index (χ3v) is 4.14. The molecule has 0 saturated heterocycles. The van der Waals surface area contributed by atoms with Crippen LogP contribution < -0.4 is 5.32 Å². The molecule has 0 amide bonds. The van der Waals surface area contributed by atoms with Crippen molar-refractivity contribution in [1.82, 2.24) is 14.9 Å². The zero-order valence-electron chi connectivity index (χ0n) is 12.7. The van der Waals surface area contributed by atoms with Gasteiger partial charge >= 0.3 is 0 Å². The number of nitrogens with one attached hydrogen (secondary N) is 1. The Hall–Kier alpha value is -1.30. The Labute approximate surface area is 141 Å². The average molecular weight is 338 g/mol. The Balaban J connectivity index is 2.01. The van der Waals surface area contributed by atoms with E-state index in [9.17, 15) is 4.79 Å². The van der Waals surface area contributed by atoms with Crippen molar-refractivity contribution in [2.45, 2.75) is 38.9 Å². The Morgan fingerprint density at radius 1 is 1.41 bits per heavy atom. The maximum Gasteiger partial charge on any atom is 0.203 e. The Kier molecular flexibility index (Phi) is 6.06. The van der Waals surface area contributed by atoms with Crippen LogP contribution in [0.15, 0.2) is 36.8 Å². The monoisotopic (exact) mass is 337 g/mol. The molecule has 6 heteroatoms. The maximum atomic E-state index is 11.7. The van der Waals surface area contributed by atoms with E-state index < -0.39 is 6.04 Å². The molecule has 1 heterocycles. The number of carbonyl (C=O) groups excluding carboxylic acids is 1. The van der Waals surface area contributed by atoms with Gasteiger partial charge in [-0.15, -0.1) is 12.6 Å². The topological polar surface area (TPSA) is 46.9 Å². The van der Waals surface area contributed by atoms with Crippen molar-refractivity contribution in [1.29, 1.82) is 0 Å². The smallest absolute Gasteiger partial charge is 0.203 e. The minimum absolute atomic E-state index is 0.203. The number of aromatic nitrogens is 2. The Morgan fingerprint density at radius 3 is 2.73 bits per heavy atom. The zero-order chi connectivity index (χ0) is 16.1. The molecular weight excluding hydrogens is 318 g/mol. The first-order valence-electron chi connectivity index (χ1n) is 7.19. The molecule has 4 nitrogen and oxygen atoms in total. The summed E-state index contributed by atoms with van der Waals surface area (Å²) in [5.74, 6) is 0. The standard InChI is InChI=1S/C16H20ClN3OS/c1-11(2)20-9-13(19-10-20)7-15(16(21)22)18-8-12-5-3-4-6-14(12)17/h3-6,9-11,15,18H,7-8H2,1-2H3,(H,21,22)/t15-/m0/s1. The van der Waals surface area contributed by atoms with Crippen LogP contribution in [0.2, 0.25) is 5.02 Å². The molecule has 1 N–H and O–H groups in total. The van der Waals surface area contributed by atoms with Crippen molar-refractivity contribution >= 4 is 29.3 Å². The summed E-state index contributed by atoms with van der Waals surface area (Å²) in [4.78, 5) is 16.1. The molecule has 0 spiro atoms. The quantitative estimate of drug-likeness (QED) is 0.762. The first kappa shape index (κ1) is 17.1. The van der Waals surface area contributed by atoms with Gasteiger partial charge in [-0.2, -0.15) is 0 Å². The summed E-state index contributed by atoms with van der Waals surface area (Å²) >= 11 is 10.1. The fourth-order valence-corrected chi connectivity index (χ4v) is 2.48. The normalized spacial score (nSPS) is 12.6. The molecule has 0 aliphatic rings. The van der Waals surface area contributed by atoms with Gasteiger partial charge in [-0.05, 0) is 25.5 Å². The number of benzene rings is 1. The van der Waals surface area contributed by atoms with Crippen LogP contribution in [0.5, 0.6) is 0 Å². The number of nitrogens with zero attached hydrogens (tertiary/aromatic N) is 2. The van der Waals surface area contributed by atoms with Crippen LogP contribution >= 0.6 is 24.2 Å². The van der Waals surface area contributed by atoms with Crippen molar-refractivity contribution in [3.63, 3.8) is 0 Å². The van der Waals surface area contributed by atoms with Crippen LogP contribution in [-0.2, 0) is 17.8 Å². The van der Waals surface area contributed by atoms with E-state index in [2.05, 4.69) is 36.8 Å². The second-order valence-corrected chi connectivity index (χ2v) is 6.32. The van der Waals surface area contributed by atoms with E-state index in [0.717, 1.165) is 11.3 Å². The molecule has 0 fully saturated rings. The van der Waals surface area contributed by atoms with Gasteiger partial charge in [0.05, 0.1) is 18.1 Å². The summed E-state index contributed by atoms with van der Waals surface area (Å²) in [5.41, 5.74) is 1.82. The maximum absolute atomic E-state index is 11.7. The molecule has 0 unspecified atom stereocenters. The molecule has 2 rings (SSSR count). The van der Waals surface area contributed by atoms with Crippen LogP contribution in [0.1, 0.15) is 31.1 Å². The molecular formula is C16H20ClN3OS. The van der Waals surface area contributed by atoms with Gasteiger partial charge in [0, 0.05) is 30.2 Å². The van der Waals surface area contributed by atoms with Crippen molar-refractivity contribution in [3.8, 4) is 0 Å². The predicted molar refractivity (Wildman–Crippen MR) is 92.4 cm³/mol. The van der Waals surface area contributed by atoms with Gasteiger partial charge in [0.1, 0.15) is 0 Å².